The average Bonchev–Trinajstić information content (AvgIpc) is 2.20. The Bertz CT molecular complexity index is 343. The molecule has 1 atom stereocenters. The molecule has 0 aliphatic heterocycles. The van der Waals surface area contributed by atoms with Crippen LogP contribution in [0.3, 0.4) is 0 Å². The molecule has 0 saturated heterocycles. The van der Waals surface area contributed by atoms with Crippen molar-refractivity contribution in [1.82, 2.24) is 5.32 Å². The molecule has 0 bridgehead atoms. The maximum Gasteiger partial charge on any atom is 0.151 e. The van der Waals surface area contributed by atoms with Crippen LogP contribution in [0.4, 0.5) is 0 Å². The molecule has 0 radical (unpaired) electrons. The van der Waals surface area contributed by atoms with E-state index in [-0.39, 0.29) is 17.9 Å². The number of ketones is 1. The van der Waals surface area contributed by atoms with Crippen molar-refractivity contribution < 1.29 is 9.53 Å². The van der Waals surface area contributed by atoms with Crippen molar-refractivity contribution in [2.24, 2.45) is 0 Å². The number of likely N-dealkylation sites (N-methyl/N-ethyl adjacent to an activating group) is 1. The van der Waals surface area contributed by atoms with Gasteiger partial charge in [-0.3, -0.25) is 4.79 Å². The fourth-order valence-electron chi connectivity index (χ4n) is 1.62. The molecule has 1 aromatic rings. The van der Waals surface area contributed by atoms with Gasteiger partial charge in [0.05, 0.1) is 12.1 Å². The van der Waals surface area contributed by atoms with Crippen molar-refractivity contribution in [2.75, 3.05) is 7.05 Å². The molecule has 3 nitrogen and oxygen atoms in total. The highest BCUT2D eigenvalue weighted by Crippen LogP contribution is 2.19. The minimum absolute atomic E-state index is 0.111. The third-order valence-electron chi connectivity index (χ3n) is 2.28. The Hall–Kier alpha value is -1.35. The summed E-state index contributed by atoms with van der Waals surface area (Å²) in [4.78, 5) is 11.3. The highest BCUT2D eigenvalue weighted by atomic mass is 16.5. The molecular weight excluding hydrogens is 202 g/mol. The molecule has 3 heteroatoms. The minimum atomic E-state index is -0.229. The van der Waals surface area contributed by atoms with Gasteiger partial charge in [-0.15, -0.1) is 0 Å². The molecule has 1 N–H and O–H groups in total. The topological polar surface area (TPSA) is 38.3 Å². The average molecular weight is 221 g/mol. The van der Waals surface area contributed by atoms with Gasteiger partial charge >= 0.3 is 0 Å². The fourth-order valence-corrected chi connectivity index (χ4v) is 1.62. The van der Waals surface area contributed by atoms with Crippen molar-refractivity contribution >= 4 is 5.78 Å². The second kappa shape index (κ2) is 5.66. The molecule has 0 aromatic heterocycles. The number of nitrogens with one attached hydrogen (secondary N) is 1. The fraction of sp³-hybridized carbons (Fsp3) is 0.462. The molecule has 1 unspecified atom stereocenters. The highest BCUT2D eigenvalue weighted by Gasteiger charge is 2.13. The summed E-state index contributed by atoms with van der Waals surface area (Å²) >= 11 is 0. The van der Waals surface area contributed by atoms with Crippen molar-refractivity contribution in [3.05, 3.63) is 29.8 Å². The molecule has 1 rings (SSSR count). The van der Waals surface area contributed by atoms with Gasteiger partial charge in [-0.05, 0) is 45.5 Å². The second-order valence-corrected chi connectivity index (χ2v) is 4.07. The SMILES string of the molecule is CNC(C(C)=O)c1ccc(OC(C)C)cc1. The minimum Gasteiger partial charge on any atom is -0.491 e. The molecule has 0 amide bonds. The van der Waals surface area contributed by atoms with Crippen LogP contribution in [0.15, 0.2) is 24.3 Å². The van der Waals surface area contributed by atoms with Crippen molar-refractivity contribution in [3.8, 4) is 5.75 Å². The van der Waals surface area contributed by atoms with Gasteiger partial charge in [-0.25, -0.2) is 0 Å². The number of carbonyl (C=O) groups excluding carboxylic acids is 1. The zero-order valence-electron chi connectivity index (χ0n) is 10.3. The first-order chi connectivity index (χ1) is 7.54. The van der Waals surface area contributed by atoms with E-state index in [4.69, 9.17) is 4.74 Å². The van der Waals surface area contributed by atoms with Crippen LogP contribution in [-0.2, 0) is 4.79 Å². The Labute approximate surface area is 96.8 Å². The third-order valence-corrected chi connectivity index (χ3v) is 2.28. The number of Topliss-reactive ketones (excluding diaryl/α,β-unsaturated/α-hetero) is 1. The smallest absolute Gasteiger partial charge is 0.151 e. The van der Waals surface area contributed by atoms with E-state index in [0.717, 1.165) is 11.3 Å². The van der Waals surface area contributed by atoms with E-state index in [2.05, 4.69) is 5.32 Å². The number of hydrogen-bond acceptors (Lipinski definition) is 3. The van der Waals surface area contributed by atoms with Crippen molar-refractivity contribution in [2.45, 2.75) is 32.9 Å². The van der Waals surface area contributed by atoms with E-state index in [9.17, 15) is 4.79 Å². The number of hydrogen-bond donors (Lipinski definition) is 1. The van der Waals surface area contributed by atoms with Crippen LogP contribution in [-0.4, -0.2) is 18.9 Å². The Morgan fingerprint density at radius 2 is 1.81 bits per heavy atom. The Morgan fingerprint density at radius 1 is 1.25 bits per heavy atom. The first-order valence-electron chi connectivity index (χ1n) is 5.49. The predicted octanol–water partition coefficient (Wildman–Crippen LogP) is 2.32. The summed E-state index contributed by atoms with van der Waals surface area (Å²) in [5.41, 5.74) is 0.964. The monoisotopic (exact) mass is 221 g/mol. The molecule has 0 spiro atoms. The molecule has 0 aliphatic carbocycles. The van der Waals surface area contributed by atoms with Crippen LogP contribution in [0, 0.1) is 0 Å². The van der Waals surface area contributed by atoms with Gasteiger partial charge in [0.2, 0.25) is 0 Å². The van der Waals surface area contributed by atoms with Crippen LogP contribution in [0.5, 0.6) is 5.75 Å². The molecule has 0 saturated carbocycles. The van der Waals surface area contributed by atoms with E-state index in [0.29, 0.717) is 0 Å². The molecule has 16 heavy (non-hydrogen) atoms. The van der Waals surface area contributed by atoms with Gasteiger partial charge in [-0.1, -0.05) is 12.1 Å². The summed E-state index contributed by atoms with van der Waals surface area (Å²) in [6, 6.07) is 7.39. The van der Waals surface area contributed by atoms with E-state index in [1.165, 1.54) is 0 Å². The number of carbonyl (C=O) groups is 1. The van der Waals surface area contributed by atoms with Crippen LogP contribution in [0.1, 0.15) is 32.4 Å². The normalized spacial score (nSPS) is 12.6. The highest BCUT2D eigenvalue weighted by molar-refractivity contribution is 5.82. The van der Waals surface area contributed by atoms with Crippen LogP contribution >= 0.6 is 0 Å². The molecule has 0 aliphatic rings. The largest absolute Gasteiger partial charge is 0.491 e. The van der Waals surface area contributed by atoms with Gasteiger partial charge in [-0.2, -0.15) is 0 Å². The van der Waals surface area contributed by atoms with Gasteiger partial charge in [0.25, 0.3) is 0 Å². The van der Waals surface area contributed by atoms with E-state index in [1.54, 1.807) is 14.0 Å². The summed E-state index contributed by atoms with van der Waals surface area (Å²) in [6.07, 6.45) is 0.166. The van der Waals surface area contributed by atoms with Gasteiger partial charge < -0.3 is 10.1 Å². The maximum absolute atomic E-state index is 11.3. The lowest BCUT2D eigenvalue weighted by Gasteiger charge is -2.14. The van der Waals surface area contributed by atoms with E-state index < -0.39 is 0 Å². The van der Waals surface area contributed by atoms with Crippen molar-refractivity contribution in [1.29, 1.82) is 0 Å². The summed E-state index contributed by atoms with van der Waals surface area (Å²) in [5.74, 6) is 0.942. The second-order valence-electron chi connectivity index (χ2n) is 4.07. The van der Waals surface area contributed by atoms with E-state index >= 15 is 0 Å². The Kier molecular flexibility index (Phi) is 4.50. The quantitative estimate of drug-likeness (QED) is 0.829. The summed E-state index contributed by atoms with van der Waals surface area (Å²) < 4.78 is 5.54. The van der Waals surface area contributed by atoms with Crippen LogP contribution in [0.25, 0.3) is 0 Å². The molecule has 1 aromatic carbocycles. The Balaban J connectivity index is 2.81. The van der Waals surface area contributed by atoms with Gasteiger partial charge in [0.15, 0.2) is 5.78 Å². The number of benzene rings is 1. The first kappa shape index (κ1) is 12.7. The van der Waals surface area contributed by atoms with Gasteiger partial charge in [0, 0.05) is 0 Å². The number of ether oxygens (including phenoxy) is 1. The standard InChI is InChI=1S/C13H19NO2/c1-9(2)16-12-7-5-11(6-8-12)13(14-4)10(3)15/h5-9,13-14H,1-4H3. The lowest BCUT2D eigenvalue weighted by atomic mass is 10.0. The third kappa shape index (κ3) is 3.35. The maximum atomic E-state index is 11.3. The number of rotatable bonds is 5. The Morgan fingerprint density at radius 3 is 2.19 bits per heavy atom. The van der Waals surface area contributed by atoms with E-state index in [1.807, 2.05) is 38.1 Å². The molecule has 0 fully saturated rings. The van der Waals surface area contributed by atoms with Gasteiger partial charge in [0.1, 0.15) is 5.75 Å². The lowest BCUT2D eigenvalue weighted by molar-refractivity contribution is -0.119. The zero-order chi connectivity index (χ0) is 12.1. The molecule has 0 heterocycles. The first-order valence-corrected chi connectivity index (χ1v) is 5.49. The molecular formula is C13H19NO2. The predicted molar refractivity (Wildman–Crippen MR) is 64.7 cm³/mol. The lowest BCUT2D eigenvalue weighted by Crippen LogP contribution is -2.23. The van der Waals surface area contributed by atoms with Crippen LogP contribution < -0.4 is 10.1 Å². The van der Waals surface area contributed by atoms with Crippen LogP contribution in [0.2, 0.25) is 0 Å². The zero-order valence-corrected chi connectivity index (χ0v) is 10.3. The van der Waals surface area contributed by atoms with Crippen molar-refractivity contribution in [3.63, 3.8) is 0 Å². The summed E-state index contributed by atoms with van der Waals surface area (Å²) in [7, 11) is 1.78. The molecule has 88 valence electrons. The summed E-state index contributed by atoms with van der Waals surface area (Å²) in [6.45, 7) is 5.56. The summed E-state index contributed by atoms with van der Waals surface area (Å²) in [5, 5.41) is 2.99.